The number of hydrogen-bond acceptors (Lipinski definition) is 3. The minimum atomic E-state index is -0.217. The molecule has 1 aromatic rings. The zero-order valence-electron chi connectivity index (χ0n) is 9.27. The first-order chi connectivity index (χ1) is 7.72. The minimum Gasteiger partial charge on any atom is -0.379 e. The number of ether oxygens (including phenoxy) is 1. The summed E-state index contributed by atoms with van der Waals surface area (Å²) in [6.45, 7) is 6.81. The van der Waals surface area contributed by atoms with Crippen LogP contribution in [0.1, 0.15) is 18.2 Å². The van der Waals surface area contributed by atoms with Crippen LogP contribution in [0.3, 0.4) is 0 Å². The Hall–Kier alpha value is -1.62. The molecule has 0 saturated carbocycles. The molecule has 2 heterocycles. The lowest BCUT2D eigenvalue weighted by Crippen LogP contribution is -2.13. The number of nitrogens with one attached hydrogen (secondary N) is 1. The van der Waals surface area contributed by atoms with Gasteiger partial charge in [0.2, 0.25) is 5.91 Å². The summed E-state index contributed by atoms with van der Waals surface area (Å²) in [5.74, 6) is -0.217. The summed E-state index contributed by atoms with van der Waals surface area (Å²) < 4.78 is 7.22. The maximum atomic E-state index is 11.2. The average Bonchev–Trinajstić information content (AvgIpc) is 2.89. The number of aromatic nitrogens is 2. The molecule has 1 unspecified atom stereocenters. The van der Waals surface area contributed by atoms with Crippen LogP contribution in [-0.4, -0.2) is 28.9 Å². The summed E-state index contributed by atoms with van der Waals surface area (Å²) >= 11 is 0. The summed E-state index contributed by atoms with van der Waals surface area (Å²) in [4.78, 5) is 11.2. The number of carbonyl (C=O) groups is 1. The minimum absolute atomic E-state index is 0.217. The number of rotatable bonds is 3. The van der Waals surface area contributed by atoms with Gasteiger partial charge >= 0.3 is 0 Å². The molecular formula is C11H15N3O2. The number of anilines is 1. The van der Waals surface area contributed by atoms with Gasteiger partial charge in [0.15, 0.2) is 0 Å². The molecule has 0 radical (unpaired) electrons. The molecule has 16 heavy (non-hydrogen) atoms. The molecule has 86 valence electrons. The summed E-state index contributed by atoms with van der Waals surface area (Å²) in [6.07, 6.45) is 3.88. The first-order valence-electron chi connectivity index (χ1n) is 5.27. The van der Waals surface area contributed by atoms with E-state index in [1.165, 1.54) is 6.08 Å². The van der Waals surface area contributed by atoms with Gasteiger partial charge in [0.1, 0.15) is 0 Å². The fourth-order valence-electron chi connectivity index (χ4n) is 1.81. The third-order valence-electron chi connectivity index (χ3n) is 2.74. The SMILES string of the molecule is C=CC(=O)Nc1cnn(C2CCOC2)c1C. The van der Waals surface area contributed by atoms with E-state index in [2.05, 4.69) is 17.0 Å². The third kappa shape index (κ3) is 1.99. The molecule has 1 N–H and O–H groups in total. The Morgan fingerprint density at radius 1 is 1.81 bits per heavy atom. The van der Waals surface area contributed by atoms with Crippen LogP contribution in [0.15, 0.2) is 18.9 Å². The highest BCUT2D eigenvalue weighted by Gasteiger charge is 2.21. The van der Waals surface area contributed by atoms with Gasteiger partial charge in [-0.15, -0.1) is 0 Å². The lowest BCUT2D eigenvalue weighted by Gasteiger charge is -2.11. The zero-order chi connectivity index (χ0) is 11.5. The molecule has 1 aromatic heterocycles. The van der Waals surface area contributed by atoms with Crippen molar-refractivity contribution in [3.63, 3.8) is 0 Å². The normalized spacial score (nSPS) is 19.7. The van der Waals surface area contributed by atoms with Gasteiger partial charge in [-0.1, -0.05) is 6.58 Å². The highest BCUT2D eigenvalue weighted by Crippen LogP contribution is 2.23. The predicted octanol–water partition coefficient (Wildman–Crippen LogP) is 1.28. The predicted molar refractivity (Wildman–Crippen MR) is 60.3 cm³/mol. The van der Waals surface area contributed by atoms with Gasteiger partial charge in [0, 0.05) is 6.61 Å². The van der Waals surface area contributed by atoms with E-state index in [9.17, 15) is 4.79 Å². The van der Waals surface area contributed by atoms with Crippen molar-refractivity contribution in [2.75, 3.05) is 18.5 Å². The van der Waals surface area contributed by atoms with Gasteiger partial charge < -0.3 is 10.1 Å². The zero-order valence-corrected chi connectivity index (χ0v) is 9.27. The summed E-state index contributed by atoms with van der Waals surface area (Å²) in [5, 5.41) is 7.00. The van der Waals surface area contributed by atoms with E-state index in [0.29, 0.717) is 6.61 Å². The second-order valence-corrected chi connectivity index (χ2v) is 3.80. The molecule has 0 aromatic carbocycles. The molecule has 0 bridgehead atoms. The van der Waals surface area contributed by atoms with Crippen LogP contribution in [0.25, 0.3) is 0 Å². The smallest absolute Gasteiger partial charge is 0.247 e. The lowest BCUT2D eigenvalue weighted by atomic mass is 10.2. The number of hydrogen-bond donors (Lipinski definition) is 1. The molecule has 1 aliphatic rings. The molecule has 0 spiro atoms. The first-order valence-corrected chi connectivity index (χ1v) is 5.27. The van der Waals surface area contributed by atoms with Gasteiger partial charge in [0.05, 0.1) is 30.2 Å². The van der Waals surface area contributed by atoms with Crippen molar-refractivity contribution in [2.45, 2.75) is 19.4 Å². The topological polar surface area (TPSA) is 56.2 Å². The monoisotopic (exact) mass is 221 g/mol. The summed E-state index contributed by atoms with van der Waals surface area (Å²) in [7, 11) is 0. The van der Waals surface area contributed by atoms with E-state index in [4.69, 9.17) is 4.74 Å². The van der Waals surface area contributed by atoms with E-state index in [-0.39, 0.29) is 11.9 Å². The van der Waals surface area contributed by atoms with Crippen molar-refractivity contribution >= 4 is 11.6 Å². The van der Waals surface area contributed by atoms with Crippen LogP contribution < -0.4 is 5.32 Å². The molecule has 1 fully saturated rings. The standard InChI is InChI=1S/C11H15N3O2/c1-3-11(15)13-10-6-12-14(8(10)2)9-4-5-16-7-9/h3,6,9H,1,4-5,7H2,2H3,(H,13,15). The molecule has 5 nitrogen and oxygen atoms in total. The lowest BCUT2D eigenvalue weighted by molar-refractivity contribution is -0.111. The largest absolute Gasteiger partial charge is 0.379 e. The highest BCUT2D eigenvalue weighted by molar-refractivity contribution is 5.99. The van der Waals surface area contributed by atoms with E-state index in [0.717, 1.165) is 24.4 Å². The van der Waals surface area contributed by atoms with Crippen molar-refractivity contribution in [2.24, 2.45) is 0 Å². The van der Waals surface area contributed by atoms with Crippen molar-refractivity contribution in [3.05, 3.63) is 24.5 Å². The quantitative estimate of drug-likeness (QED) is 0.782. The van der Waals surface area contributed by atoms with Crippen molar-refractivity contribution in [1.29, 1.82) is 0 Å². The van der Waals surface area contributed by atoms with Crippen LogP contribution in [0.4, 0.5) is 5.69 Å². The summed E-state index contributed by atoms with van der Waals surface area (Å²) in [5.41, 5.74) is 1.68. The first kappa shape index (κ1) is 10.9. The molecular weight excluding hydrogens is 206 g/mol. The number of nitrogens with zero attached hydrogens (tertiary/aromatic N) is 2. The Kier molecular flexibility index (Phi) is 3.05. The van der Waals surface area contributed by atoms with Crippen LogP contribution >= 0.6 is 0 Å². The van der Waals surface area contributed by atoms with Crippen LogP contribution in [0, 0.1) is 6.92 Å². The van der Waals surface area contributed by atoms with E-state index < -0.39 is 0 Å². The fourth-order valence-corrected chi connectivity index (χ4v) is 1.81. The second-order valence-electron chi connectivity index (χ2n) is 3.80. The maximum Gasteiger partial charge on any atom is 0.247 e. The Bertz CT molecular complexity index is 405. The van der Waals surface area contributed by atoms with Crippen LogP contribution in [0.5, 0.6) is 0 Å². The average molecular weight is 221 g/mol. The molecule has 0 aliphatic carbocycles. The molecule has 1 aliphatic heterocycles. The van der Waals surface area contributed by atoms with E-state index in [1.807, 2.05) is 11.6 Å². The van der Waals surface area contributed by atoms with Crippen molar-refractivity contribution in [1.82, 2.24) is 9.78 Å². The van der Waals surface area contributed by atoms with Crippen LogP contribution in [-0.2, 0) is 9.53 Å². The molecule has 1 atom stereocenters. The number of amides is 1. The Labute approximate surface area is 94.1 Å². The maximum absolute atomic E-state index is 11.2. The Morgan fingerprint density at radius 2 is 2.62 bits per heavy atom. The van der Waals surface area contributed by atoms with Gasteiger partial charge in [0.25, 0.3) is 0 Å². The van der Waals surface area contributed by atoms with Crippen molar-refractivity contribution < 1.29 is 9.53 Å². The molecule has 1 saturated heterocycles. The van der Waals surface area contributed by atoms with E-state index in [1.54, 1.807) is 6.20 Å². The summed E-state index contributed by atoms with van der Waals surface area (Å²) in [6, 6.07) is 0.286. The van der Waals surface area contributed by atoms with Gasteiger partial charge in [-0.3, -0.25) is 9.48 Å². The van der Waals surface area contributed by atoms with Crippen LogP contribution in [0.2, 0.25) is 0 Å². The number of carbonyl (C=O) groups excluding carboxylic acids is 1. The van der Waals surface area contributed by atoms with Gasteiger partial charge in [-0.25, -0.2) is 0 Å². The molecule has 2 rings (SSSR count). The van der Waals surface area contributed by atoms with Gasteiger partial charge in [-0.05, 0) is 19.4 Å². The van der Waals surface area contributed by atoms with E-state index >= 15 is 0 Å². The molecule has 1 amide bonds. The second kappa shape index (κ2) is 4.49. The van der Waals surface area contributed by atoms with Crippen molar-refractivity contribution in [3.8, 4) is 0 Å². The third-order valence-corrected chi connectivity index (χ3v) is 2.74. The fraction of sp³-hybridized carbons (Fsp3) is 0.455. The van der Waals surface area contributed by atoms with Gasteiger partial charge in [-0.2, -0.15) is 5.10 Å². The highest BCUT2D eigenvalue weighted by atomic mass is 16.5. The Morgan fingerprint density at radius 3 is 3.25 bits per heavy atom. The Balaban J connectivity index is 2.16. The molecule has 5 heteroatoms.